The lowest BCUT2D eigenvalue weighted by molar-refractivity contribution is -0.181. The zero-order valence-corrected chi connectivity index (χ0v) is 10.6. The predicted molar refractivity (Wildman–Crippen MR) is 63.3 cm³/mol. The molecule has 0 saturated carbocycles. The zero-order valence-electron chi connectivity index (χ0n) is 10.6. The van der Waals surface area contributed by atoms with E-state index in [-0.39, 0.29) is 17.0 Å². The fourth-order valence-corrected chi connectivity index (χ4v) is 2.51. The van der Waals surface area contributed by atoms with E-state index in [0.29, 0.717) is 0 Å². The average Bonchev–Trinajstić information content (AvgIpc) is 2.86. The monoisotopic (exact) mass is 303 g/mol. The predicted octanol–water partition coefficient (Wildman–Crippen LogP) is 1.59. The Labute approximate surface area is 115 Å². The Morgan fingerprint density at radius 1 is 1.48 bits per heavy atom. The van der Waals surface area contributed by atoms with E-state index in [1.165, 1.54) is 0 Å². The maximum atomic E-state index is 13.5. The number of urea groups is 1. The molecule has 21 heavy (non-hydrogen) atoms. The largest absolute Gasteiger partial charge is 0.401 e. The van der Waals surface area contributed by atoms with Gasteiger partial charge in [-0.2, -0.15) is 17.6 Å². The van der Waals surface area contributed by atoms with Gasteiger partial charge in [-0.25, -0.2) is 14.3 Å². The number of anilines is 1. The van der Waals surface area contributed by atoms with Crippen LogP contribution in [0.3, 0.4) is 0 Å². The van der Waals surface area contributed by atoms with E-state index >= 15 is 0 Å². The Morgan fingerprint density at radius 3 is 2.71 bits per heavy atom. The number of alkyl halides is 3. The summed E-state index contributed by atoms with van der Waals surface area (Å²) in [6.45, 7) is 0.206. The molecule has 6 nitrogen and oxygen atoms in total. The third-order valence-electron chi connectivity index (χ3n) is 3.61. The van der Waals surface area contributed by atoms with E-state index in [1.807, 2.05) is 0 Å². The van der Waals surface area contributed by atoms with Crippen molar-refractivity contribution in [3.8, 4) is 0 Å². The Bertz CT molecular complexity index is 755. The number of amides is 2. The first-order valence-electron chi connectivity index (χ1n) is 5.83. The number of halogens is 4. The summed E-state index contributed by atoms with van der Waals surface area (Å²) in [5, 5.41) is 3.40. The van der Waals surface area contributed by atoms with Crippen molar-refractivity contribution in [1.29, 1.82) is 0 Å². The number of carbonyl (C=O) groups is 1. The molecule has 1 aliphatic rings. The molecular formula is C11H9F4N5O. The molecule has 2 aromatic rings. The fourth-order valence-electron chi connectivity index (χ4n) is 2.51. The zero-order chi connectivity index (χ0) is 15.6. The van der Waals surface area contributed by atoms with Crippen LogP contribution in [-0.2, 0) is 5.41 Å². The molecule has 2 aromatic heterocycles. The number of hydrogen-bond acceptors (Lipinski definition) is 3. The van der Waals surface area contributed by atoms with Crippen LogP contribution in [0.5, 0.6) is 0 Å². The molecule has 0 radical (unpaired) electrons. The van der Waals surface area contributed by atoms with E-state index < -0.39 is 30.1 Å². The van der Waals surface area contributed by atoms with Crippen LogP contribution >= 0.6 is 0 Å². The molecule has 3 heterocycles. The van der Waals surface area contributed by atoms with Crippen LogP contribution in [-0.4, -0.2) is 33.4 Å². The lowest BCUT2D eigenvalue weighted by Gasteiger charge is -2.27. The van der Waals surface area contributed by atoms with Gasteiger partial charge >= 0.3 is 12.2 Å². The van der Waals surface area contributed by atoms with Gasteiger partial charge in [0.05, 0.1) is 17.6 Å². The van der Waals surface area contributed by atoms with Gasteiger partial charge in [-0.3, -0.25) is 4.90 Å². The molecular weight excluding hydrogens is 294 g/mol. The van der Waals surface area contributed by atoms with Gasteiger partial charge < -0.3 is 5.73 Å². The minimum atomic E-state index is -4.68. The molecule has 0 saturated heterocycles. The van der Waals surface area contributed by atoms with Gasteiger partial charge in [0.1, 0.15) is 5.41 Å². The van der Waals surface area contributed by atoms with Crippen molar-refractivity contribution in [3.05, 3.63) is 23.9 Å². The minimum Gasteiger partial charge on any atom is -0.351 e. The molecule has 2 N–H and O–H groups in total. The lowest BCUT2D eigenvalue weighted by atomic mass is 9.88. The van der Waals surface area contributed by atoms with E-state index in [2.05, 4.69) is 10.1 Å². The van der Waals surface area contributed by atoms with E-state index in [4.69, 9.17) is 5.73 Å². The van der Waals surface area contributed by atoms with Crippen molar-refractivity contribution in [3.63, 3.8) is 0 Å². The normalized spacial score (nSPS) is 21.9. The molecule has 0 bridgehead atoms. The smallest absolute Gasteiger partial charge is 0.351 e. The van der Waals surface area contributed by atoms with Gasteiger partial charge in [0.15, 0.2) is 5.65 Å². The lowest BCUT2D eigenvalue weighted by Crippen LogP contribution is -2.46. The number of carbonyl (C=O) groups excluding carboxylic acids is 1. The first-order valence-corrected chi connectivity index (χ1v) is 5.83. The topological polar surface area (TPSA) is 76.5 Å². The molecule has 2 amide bonds. The summed E-state index contributed by atoms with van der Waals surface area (Å²) in [7, 11) is 0. The standard InChI is InChI=1S/C11H9F4N5O/c1-10(11(13,14)15)4-19(9(16)21)5-3-17-7-2-6(12)18-20(7)8(5)10/h2-3H,4H2,1H3,(H2,16,21). The van der Waals surface area contributed by atoms with Crippen molar-refractivity contribution < 1.29 is 22.4 Å². The summed E-state index contributed by atoms with van der Waals surface area (Å²) in [6, 6.07) is -0.137. The number of aromatic nitrogens is 3. The number of fused-ring (bicyclic) bond motifs is 3. The highest BCUT2D eigenvalue weighted by Gasteiger charge is 2.60. The van der Waals surface area contributed by atoms with Crippen LogP contribution in [0.15, 0.2) is 12.3 Å². The van der Waals surface area contributed by atoms with Crippen LogP contribution in [0.25, 0.3) is 5.65 Å². The van der Waals surface area contributed by atoms with Crippen LogP contribution < -0.4 is 10.6 Å². The first-order chi connectivity index (χ1) is 9.65. The molecule has 10 heteroatoms. The van der Waals surface area contributed by atoms with Gasteiger partial charge in [0, 0.05) is 12.6 Å². The maximum absolute atomic E-state index is 13.5. The van der Waals surface area contributed by atoms with Gasteiger partial charge in [-0.15, -0.1) is 5.10 Å². The average molecular weight is 303 g/mol. The second-order valence-electron chi connectivity index (χ2n) is 4.98. The van der Waals surface area contributed by atoms with Crippen LogP contribution in [0.1, 0.15) is 12.6 Å². The highest BCUT2D eigenvalue weighted by atomic mass is 19.4. The van der Waals surface area contributed by atoms with Crippen molar-refractivity contribution in [2.75, 3.05) is 11.4 Å². The van der Waals surface area contributed by atoms with Crippen LogP contribution in [0.2, 0.25) is 0 Å². The summed E-state index contributed by atoms with van der Waals surface area (Å²) in [6.07, 6.45) is -3.61. The van der Waals surface area contributed by atoms with E-state index in [0.717, 1.165) is 28.6 Å². The van der Waals surface area contributed by atoms with Crippen molar-refractivity contribution in [2.45, 2.75) is 18.5 Å². The summed E-state index contributed by atoms with van der Waals surface area (Å²) in [5.74, 6) is -0.960. The summed E-state index contributed by atoms with van der Waals surface area (Å²) in [4.78, 5) is 15.9. The van der Waals surface area contributed by atoms with Crippen LogP contribution in [0, 0.1) is 5.95 Å². The van der Waals surface area contributed by atoms with Crippen molar-refractivity contribution >= 4 is 17.4 Å². The molecule has 1 atom stereocenters. The number of nitrogens with two attached hydrogens (primary N) is 1. The molecule has 0 spiro atoms. The Balaban J connectivity index is 2.38. The first kappa shape index (κ1) is 13.6. The molecule has 3 rings (SSSR count). The minimum absolute atomic E-state index is 0.0759. The van der Waals surface area contributed by atoms with E-state index in [9.17, 15) is 22.4 Å². The molecule has 0 aliphatic carbocycles. The van der Waals surface area contributed by atoms with Crippen LogP contribution in [0.4, 0.5) is 28.0 Å². The molecule has 112 valence electrons. The molecule has 1 unspecified atom stereocenters. The Hall–Kier alpha value is -2.39. The van der Waals surface area contributed by atoms with Crippen molar-refractivity contribution in [1.82, 2.24) is 14.6 Å². The number of rotatable bonds is 0. The van der Waals surface area contributed by atoms with Crippen molar-refractivity contribution in [2.24, 2.45) is 5.73 Å². The molecule has 0 fully saturated rings. The second kappa shape index (κ2) is 3.83. The fraction of sp³-hybridized carbons (Fsp3) is 0.364. The number of nitrogens with zero attached hydrogens (tertiary/aromatic N) is 4. The van der Waals surface area contributed by atoms with Gasteiger partial charge in [-0.05, 0) is 6.92 Å². The third kappa shape index (κ3) is 1.68. The Kier molecular flexibility index (Phi) is 2.48. The molecule has 1 aliphatic heterocycles. The van der Waals surface area contributed by atoms with Gasteiger partial charge in [-0.1, -0.05) is 0 Å². The summed E-state index contributed by atoms with van der Waals surface area (Å²) in [5.41, 5.74) is 2.13. The Morgan fingerprint density at radius 2 is 2.14 bits per heavy atom. The van der Waals surface area contributed by atoms with Gasteiger partial charge in [0.2, 0.25) is 5.95 Å². The summed E-state index contributed by atoms with van der Waals surface area (Å²) < 4.78 is 54.4. The van der Waals surface area contributed by atoms with E-state index in [1.54, 1.807) is 0 Å². The van der Waals surface area contributed by atoms with Gasteiger partial charge in [0.25, 0.3) is 0 Å². The third-order valence-corrected chi connectivity index (χ3v) is 3.61. The number of primary amides is 1. The number of hydrogen-bond donors (Lipinski definition) is 1. The maximum Gasteiger partial charge on any atom is 0.401 e. The highest BCUT2D eigenvalue weighted by Crippen LogP contribution is 2.49. The highest BCUT2D eigenvalue weighted by molar-refractivity contribution is 5.93. The molecule has 0 aromatic carbocycles. The summed E-state index contributed by atoms with van der Waals surface area (Å²) >= 11 is 0. The SMILES string of the molecule is CC1(C(F)(F)F)CN(C(N)=O)c2cnc3cc(F)nn3c21. The quantitative estimate of drug-likeness (QED) is 0.751. The second-order valence-corrected chi connectivity index (χ2v) is 4.98.